The lowest BCUT2D eigenvalue weighted by atomic mass is 9.80. The molecule has 2 atom stereocenters. The molecule has 2 unspecified atom stereocenters. The third-order valence-corrected chi connectivity index (χ3v) is 6.82. The van der Waals surface area contributed by atoms with Gasteiger partial charge in [0.15, 0.2) is 5.78 Å². The molecule has 214 valence electrons. The van der Waals surface area contributed by atoms with Gasteiger partial charge >= 0.3 is 0 Å². The summed E-state index contributed by atoms with van der Waals surface area (Å²) in [5.74, 6) is 1.14. The van der Waals surface area contributed by atoms with Gasteiger partial charge in [-0.15, -0.1) is 0 Å². The van der Waals surface area contributed by atoms with Crippen LogP contribution < -0.4 is 10.1 Å². The molecule has 1 N–H and O–H groups in total. The molecule has 0 saturated carbocycles. The van der Waals surface area contributed by atoms with Gasteiger partial charge in [0.05, 0.1) is 11.7 Å². The summed E-state index contributed by atoms with van der Waals surface area (Å²) in [5.41, 5.74) is 2.79. The lowest BCUT2D eigenvalue weighted by molar-refractivity contribution is -0.130. The van der Waals surface area contributed by atoms with Crippen molar-refractivity contribution < 1.29 is 14.3 Å². The number of hydrogen-bond donors (Lipinski definition) is 1. The van der Waals surface area contributed by atoms with Crippen molar-refractivity contribution in [3.8, 4) is 5.75 Å². The predicted molar refractivity (Wildman–Crippen MR) is 160 cm³/mol. The monoisotopic (exact) mass is 543 g/mol. The van der Waals surface area contributed by atoms with E-state index >= 15 is 0 Å². The minimum atomic E-state index is -0.376. The van der Waals surface area contributed by atoms with Crippen molar-refractivity contribution in [1.82, 2.24) is 15.3 Å². The van der Waals surface area contributed by atoms with Crippen molar-refractivity contribution in [2.45, 2.75) is 79.4 Å². The van der Waals surface area contributed by atoms with Crippen LogP contribution in [0.3, 0.4) is 0 Å². The molecule has 0 aliphatic carbocycles. The Kier molecular flexibility index (Phi) is 12.0. The molecule has 6 heteroatoms. The van der Waals surface area contributed by atoms with Gasteiger partial charge in [0.2, 0.25) is 0 Å². The van der Waals surface area contributed by atoms with E-state index in [1.807, 2.05) is 54.6 Å². The van der Waals surface area contributed by atoms with Gasteiger partial charge in [-0.2, -0.15) is 0 Å². The van der Waals surface area contributed by atoms with E-state index in [4.69, 9.17) is 4.74 Å². The number of hydrogen-bond acceptors (Lipinski definition) is 6. The lowest BCUT2D eigenvalue weighted by Gasteiger charge is -2.24. The summed E-state index contributed by atoms with van der Waals surface area (Å²) in [6.45, 7) is 11.7. The van der Waals surface area contributed by atoms with E-state index in [0.717, 1.165) is 35.5 Å². The van der Waals surface area contributed by atoms with Crippen LogP contribution >= 0.6 is 0 Å². The Morgan fingerprint density at radius 2 is 1.57 bits per heavy atom. The predicted octanol–water partition coefficient (Wildman–Crippen LogP) is 6.43. The SMILES string of the molecule is CC(C)CCNC(Cc1ccncc1)C(=O)CC(Cc1ccc(OCc2ccccn2)cc1)C(=O)CC(C)(C)C. The first kappa shape index (κ1) is 31.2. The summed E-state index contributed by atoms with van der Waals surface area (Å²) >= 11 is 0. The average molecular weight is 544 g/mol. The van der Waals surface area contributed by atoms with Gasteiger partial charge in [0.25, 0.3) is 0 Å². The normalized spacial score (nSPS) is 13.2. The molecule has 0 radical (unpaired) electrons. The Labute approximate surface area is 240 Å². The fraction of sp³-hybridized carbons (Fsp3) is 0.471. The van der Waals surface area contributed by atoms with Crippen LogP contribution in [-0.2, 0) is 29.0 Å². The minimum absolute atomic E-state index is 0.0862. The Morgan fingerprint density at radius 1 is 0.875 bits per heavy atom. The van der Waals surface area contributed by atoms with E-state index in [0.29, 0.717) is 31.8 Å². The number of pyridine rings is 2. The van der Waals surface area contributed by atoms with Crippen molar-refractivity contribution in [2.24, 2.45) is 17.3 Å². The molecule has 2 aromatic heterocycles. The van der Waals surface area contributed by atoms with Gasteiger partial charge in [-0.3, -0.25) is 19.6 Å². The number of nitrogens with one attached hydrogen (secondary N) is 1. The molecule has 40 heavy (non-hydrogen) atoms. The average Bonchev–Trinajstić information content (AvgIpc) is 2.91. The summed E-state index contributed by atoms with van der Waals surface area (Å²) in [6, 6.07) is 17.1. The summed E-state index contributed by atoms with van der Waals surface area (Å²) in [4.78, 5) is 35.6. The van der Waals surface area contributed by atoms with Crippen LogP contribution in [0.25, 0.3) is 0 Å². The molecule has 3 rings (SSSR count). The second-order valence-corrected chi connectivity index (χ2v) is 12.3. The number of carbonyl (C=O) groups is 2. The summed E-state index contributed by atoms with van der Waals surface area (Å²) in [6.07, 6.45) is 8.01. The highest BCUT2D eigenvalue weighted by Gasteiger charge is 2.29. The van der Waals surface area contributed by atoms with E-state index in [2.05, 4.69) is 49.9 Å². The van der Waals surface area contributed by atoms with Gasteiger partial charge < -0.3 is 10.1 Å². The summed E-state index contributed by atoms with van der Waals surface area (Å²) < 4.78 is 5.88. The van der Waals surface area contributed by atoms with Crippen LogP contribution in [0.15, 0.2) is 73.2 Å². The Balaban J connectivity index is 1.71. The van der Waals surface area contributed by atoms with Crippen LogP contribution in [0.2, 0.25) is 0 Å². The number of Topliss-reactive ketones (excluding diaryl/α,β-unsaturated/α-hetero) is 2. The Bertz CT molecular complexity index is 1170. The van der Waals surface area contributed by atoms with E-state index < -0.39 is 0 Å². The first-order valence-electron chi connectivity index (χ1n) is 14.4. The summed E-state index contributed by atoms with van der Waals surface area (Å²) in [7, 11) is 0. The first-order valence-corrected chi connectivity index (χ1v) is 14.4. The van der Waals surface area contributed by atoms with Crippen molar-refractivity contribution in [3.63, 3.8) is 0 Å². The topological polar surface area (TPSA) is 81.2 Å². The van der Waals surface area contributed by atoms with Crippen LogP contribution in [0.1, 0.15) is 70.7 Å². The largest absolute Gasteiger partial charge is 0.487 e. The lowest BCUT2D eigenvalue weighted by Crippen LogP contribution is -2.41. The van der Waals surface area contributed by atoms with Crippen molar-refractivity contribution in [2.75, 3.05) is 6.54 Å². The number of benzene rings is 1. The van der Waals surface area contributed by atoms with Crippen LogP contribution in [-0.4, -0.2) is 34.1 Å². The molecule has 3 aromatic rings. The van der Waals surface area contributed by atoms with Gasteiger partial charge in [-0.05, 0) is 84.7 Å². The zero-order chi connectivity index (χ0) is 29.0. The number of carbonyl (C=O) groups excluding carboxylic acids is 2. The van der Waals surface area contributed by atoms with Gasteiger partial charge in [-0.25, -0.2) is 0 Å². The maximum atomic E-state index is 13.7. The molecule has 0 fully saturated rings. The highest BCUT2D eigenvalue weighted by molar-refractivity contribution is 5.91. The second-order valence-electron chi connectivity index (χ2n) is 12.3. The summed E-state index contributed by atoms with van der Waals surface area (Å²) in [5, 5.41) is 3.49. The third kappa shape index (κ3) is 11.4. The van der Waals surface area contributed by atoms with E-state index in [-0.39, 0.29) is 35.4 Å². The highest BCUT2D eigenvalue weighted by Crippen LogP contribution is 2.26. The van der Waals surface area contributed by atoms with Gasteiger partial charge in [0.1, 0.15) is 18.1 Å². The van der Waals surface area contributed by atoms with Crippen molar-refractivity contribution in [3.05, 3.63) is 90.0 Å². The van der Waals surface area contributed by atoms with Crippen LogP contribution in [0, 0.1) is 17.3 Å². The number of ether oxygens (including phenoxy) is 1. The van der Waals surface area contributed by atoms with E-state index in [9.17, 15) is 9.59 Å². The minimum Gasteiger partial charge on any atom is -0.487 e. The fourth-order valence-corrected chi connectivity index (χ4v) is 4.60. The van der Waals surface area contributed by atoms with Crippen LogP contribution in [0.5, 0.6) is 5.75 Å². The maximum Gasteiger partial charge on any atom is 0.150 e. The standard InChI is InChI=1S/C34H45N3O3/c1-25(2)13-19-37-31(21-27-14-17-35-18-15-27)32(38)22-28(33(39)23-34(3,4)5)20-26-9-11-30(12-10-26)40-24-29-8-6-7-16-36-29/h6-12,14-18,25,28,31,37H,13,19-24H2,1-5H3. The zero-order valence-corrected chi connectivity index (χ0v) is 24.7. The molecule has 0 spiro atoms. The maximum absolute atomic E-state index is 13.7. The number of aromatic nitrogens is 2. The molecular formula is C34H45N3O3. The second kappa shape index (κ2) is 15.4. The molecule has 2 heterocycles. The number of nitrogens with zero attached hydrogens (tertiary/aromatic N) is 2. The van der Waals surface area contributed by atoms with Gasteiger partial charge in [-0.1, -0.05) is 52.8 Å². The zero-order valence-electron chi connectivity index (χ0n) is 24.7. The van der Waals surface area contributed by atoms with Crippen molar-refractivity contribution in [1.29, 1.82) is 0 Å². The molecule has 6 nitrogen and oxygen atoms in total. The highest BCUT2D eigenvalue weighted by atomic mass is 16.5. The quantitative estimate of drug-likeness (QED) is 0.224. The molecular weight excluding hydrogens is 498 g/mol. The van der Waals surface area contributed by atoms with E-state index in [1.54, 1.807) is 18.6 Å². The molecule has 0 aliphatic heterocycles. The smallest absolute Gasteiger partial charge is 0.150 e. The van der Waals surface area contributed by atoms with Crippen LogP contribution in [0.4, 0.5) is 0 Å². The fourth-order valence-electron chi connectivity index (χ4n) is 4.60. The number of rotatable bonds is 16. The molecule has 0 amide bonds. The van der Waals surface area contributed by atoms with E-state index in [1.165, 1.54) is 0 Å². The third-order valence-electron chi connectivity index (χ3n) is 6.82. The van der Waals surface area contributed by atoms with Gasteiger partial charge in [0, 0.05) is 37.4 Å². The Morgan fingerprint density at radius 3 is 2.20 bits per heavy atom. The number of ketones is 2. The first-order chi connectivity index (χ1) is 19.1. The molecule has 1 aromatic carbocycles. The van der Waals surface area contributed by atoms with Crippen molar-refractivity contribution >= 4 is 11.6 Å². The molecule has 0 saturated heterocycles. The Hall–Kier alpha value is -3.38. The molecule has 0 aliphatic rings. The molecule has 0 bridgehead atoms.